The van der Waals surface area contributed by atoms with Gasteiger partial charge in [0.15, 0.2) is 0 Å². The Hall–Kier alpha value is -7.16. The van der Waals surface area contributed by atoms with Crippen LogP contribution in [0.15, 0.2) is 194 Å². The minimum atomic E-state index is 1.17. The second-order valence-electron chi connectivity index (χ2n) is 14.5. The number of fused-ring (bicyclic) bond motifs is 13. The van der Waals surface area contributed by atoms with Crippen molar-refractivity contribution in [3.8, 4) is 22.5 Å². The lowest BCUT2D eigenvalue weighted by atomic mass is 9.93. The summed E-state index contributed by atoms with van der Waals surface area (Å²) in [5.41, 5.74) is 9.61. The molecule has 2 heteroatoms. The second-order valence-corrected chi connectivity index (χ2v) is 14.5. The topological polar surface area (TPSA) is 9.86 Å². The van der Waals surface area contributed by atoms with E-state index in [1.165, 1.54) is 109 Å². The fourth-order valence-corrected chi connectivity index (χ4v) is 9.20. The van der Waals surface area contributed by atoms with Crippen LogP contribution < -0.4 is 0 Å². The highest BCUT2D eigenvalue weighted by molar-refractivity contribution is 6.29. The molecule has 0 aliphatic rings. The van der Waals surface area contributed by atoms with Gasteiger partial charge in [-0.05, 0) is 121 Å². The van der Waals surface area contributed by atoms with Crippen LogP contribution in [0.5, 0.6) is 0 Å². The van der Waals surface area contributed by atoms with Crippen LogP contribution >= 0.6 is 0 Å². The predicted octanol–water partition coefficient (Wildman–Crippen LogP) is 14.2. The zero-order valence-electron chi connectivity index (χ0n) is 29.4. The van der Waals surface area contributed by atoms with E-state index in [9.17, 15) is 0 Å². The Kier molecular flexibility index (Phi) is 6.09. The fraction of sp³-hybridized carbons (Fsp3) is 0. The fourth-order valence-electron chi connectivity index (χ4n) is 9.20. The summed E-state index contributed by atoms with van der Waals surface area (Å²) in [4.78, 5) is 0. The first-order chi connectivity index (χ1) is 26.8. The molecule has 0 saturated carbocycles. The standard InChI is InChI=1S/C52H32N2/c1-2-14-37(15-3-1)53-49-21-11-10-20-43(49)46-29-35(23-26-50(46)53)36-24-27-51-47(30-36)48-31-44-41-18-8-6-16-39(41)40-17-7-9-19-42(40)45(44)32-52(48)54(51)38-25-22-33-12-4-5-13-34(33)28-38/h1-32H. The van der Waals surface area contributed by atoms with E-state index in [4.69, 9.17) is 0 Å². The number of hydrogen-bond acceptors (Lipinski definition) is 0. The molecule has 0 unspecified atom stereocenters. The predicted molar refractivity (Wildman–Crippen MR) is 231 cm³/mol. The van der Waals surface area contributed by atoms with Gasteiger partial charge in [-0.2, -0.15) is 0 Å². The van der Waals surface area contributed by atoms with Crippen molar-refractivity contribution in [3.63, 3.8) is 0 Å². The number of rotatable bonds is 3. The Morgan fingerprint density at radius 1 is 0.222 bits per heavy atom. The largest absolute Gasteiger partial charge is 0.309 e. The molecule has 0 aliphatic carbocycles. The SMILES string of the molecule is c1ccc(-n2c3ccccc3c3cc(-c4ccc5c(c4)c4cc6c7ccccc7c7ccccc7c6cc4n5-c4ccc5ccccc5c4)ccc32)cc1. The van der Waals surface area contributed by atoms with Gasteiger partial charge in [0.25, 0.3) is 0 Å². The summed E-state index contributed by atoms with van der Waals surface area (Å²) in [5, 5.41) is 15.2. The van der Waals surface area contributed by atoms with Gasteiger partial charge in [0.05, 0.1) is 22.1 Å². The summed E-state index contributed by atoms with van der Waals surface area (Å²) in [6.45, 7) is 0. The van der Waals surface area contributed by atoms with Crippen molar-refractivity contribution in [3.05, 3.63) is 194 Å². The van der Waals surface area contributed by atoms with E-state index in [1.54, 1.807) is 0 Å². The first-order valence-corrected chi connectivity index (χ1v) is 18.7. The number of aromatic nitrogens is 2. The molecule has 10 aromatic carbocycles. The highest BCUT2D eigenvalue weighted by atomic mass is 15.0. The molecule has 0 N–H and O–H groups in total. The maximum atomic E-state index is 2.47. The van der Waals surface area contributed by atoms with Crippen molar-refractivity contribution in [1.82, 2.24) is 9.13 Å². The molecule has 250 valence electrons. The van der Waals surface area contributed by atoms with Crippen molar-refractivity contribution in [2.24, 2.45) is 0 Å². The van der Waals surface area contributed by atoms with Crippen LogP contribution in [0, 0.1) is 0 Å². The number of nitrogens with zero attached hydrogens (tertiary/aromatic N) is 2. The molecular weight excluding hydrogens is 653 g/mol. The Morgan fingerprint density at radius 2 is 0.704 bits per heavy atom. The van der Waals surface area contributed by atoms with Crippen LogP contribution in [0.3, 0.4) is 0 Å². The van der Waals surface area contributed by atoms with Crippen LogP contribution in [-0.2, 0) is 0 Å². The summed E-state index contributed by atoms with van der Waals surface area (Å²) < 4.78 is 4.86. The zero-order valence-corrected chi connectivity index (χ0v) is 29.4. The summed E-state index contributed by atoms with van der Waals surface area (Å²) in [7, 11) is 0. The van der Waals surface area contributed by atoms with Crippen molar-refractivity contribution in [2.75, 3.05) is 0 Å². The number of hydrogen-bond donors (Lipinski definition) is 0. The molecule has 0 aliphatic heterocycles. The smallest absolute Gasteiger partial charge is 0.0547 e. The van der Waals surface area contributed by atoms with Crippen LogP contribution in [-0.4, -0.2) is 9.13 Å². The van der Waals surface area contributed by atoms with Gasteiger partial charge in [-0.15, -0.1) is 0 Å². The minimum absolute atomic E-state index is 1.17. The van der Waals surface area contributed by atoms with Gasteiger partial charge < -0.3 is 9.13 Å². The van der Waals surface area contributed by atoms with Gasteiger partial charge in [0, 0.05) is 32.9 Å². The molecule has 0 amide bonds. The molecule has 2 heterocycles. The Labute approximate surface area is 311 Å². The van der Waals surface area contributed by atoms with E-state index in [1.807, 2.05) is 0 Å². The van der Waals surface area contributed by atoms with Crippen molar-refractivity contribution < 1.29 is 0 Å². The Morgan fingerprint density at radius 3 is 1.39 bits per heavy atom. The molecule has 2 aromatic heterocycles. The van der Waals surface area contributed by atoms with Crippen LogP contribution in [0.2, 0.25) is 0 Å². The van der Waals surface area contributed by atoms with Crippen LogP contribution in [0.25, 0.3) is 109 Å². The molecule has 2 nitrogen and oxygen atoms in total. The normalized spacial score (nSPS) is 12.1. The Balaban J connectivity index is 1.16. The van der Waals surface area contributed by atoms with Crippen molar-refractivity contribution >= 4 is 86.7 Å². The van der Waals surface area contributed by atoms with E-state index in [0.717, 1.165) is 0 Å². The summed E-state index contributed by atoms with van der Waals surface area (Å²) >= 11 is 0. The molecule has 0 bridgehead atoms. The summed E-state index contributed by atoms with van der Waals surface area (Å²) in [6.07, 6.45) is 0. The van der Waals surface area contributed by atoms with E-state index in [0.29, 0.717) is 0 Å². The van der Waals surface area contributed by atoms with E-state index in [-0.39, 0.29) is 0 Å². The maximum absolute atomic E-state index is 2.47. The highest BCUT2D eigenvalue weighted by Gasteiger charge is 2.19. The quantitative estimate of drug-likeness (QED) is 0.164. The average molecular weight is 685 g/mol. The summed E-state index contributed by atoms with van der Waals surface area (Å²) in [5.74, 6) is 0. The first-order valence-electron chi connectivity index (χ1n) is 18.7. The minimum Gasteiger partial charge on any atom is -0.309 e. The second kappa shape index (κ2) is 11.2. The lowest BCUT2D eigenvalue weighted by Crippen LogP contribution is -1.94. The molecule has 0 spiro atoms. The monoisotopic (exact) mass is 684 g/mol. The molecule has 0 fully saturated rings. The third-order valence-electron chi connectivity index (χ3n) is 11.6. The maximum Gasteiger partial charge on any atom is 0.0547 e. The number of para-hydroxylation sites is 2. The first kappa shape index (κ1) is 29.4. The lowest BCUT2D eigenvalue weighted by molar-refractivity contribution is 1.18. The zero-order chi connectivity index (χ0) is 35.3. The number of benzene rings is 10. The van der Waals surface area contributed by atoms with Crippen LogP contribution in [0.4, 0.5) is 0 Å². The lowest BCUT2D eigenvalue weighted by Gasteiger charge is -2.13. The van der Waals surface area contributed by atoms with Crippen LogP contribution in [0.1, 0.15) is 0 Å². The molecule has 0 atom stereocenters. The third kappa shape index (κ3) is 4.17. The molecule has 0 saturated heterocycles. The molecule has 12 aromatic rings. The van der Waals surface area contributed by atoms with Gasteiger partial charge in [-0.1, -0.05) is 127 Å². The van der Waals surface area contributed by atoms with Crippen molar-refractivity contribution in [1.29, 1.82) is 0 Å². The molecule has 0 radical (unpaired) electrons. The van der Waals surface area contributed by atoms with Gasteiger partial charge in [0.1, 0.15) is 0 Å². The third-order valence-corrected chi connectivity index (χ3v) is 11.6. The van der Waals surface area contributed by atoms with Gasteiger partial charge in [0.2, 0.25) is 0 Å². The van der Waals surface area contributed by atoms with E-state index in [2.05, 4.69) is 203 Å². The van der Waals surface area contributed by atoms with E-state index >= 15 is 0 Å². The van der Waals surface area contributed by atoms with Crippen molar-refractivity contribution in [2.45, 2.75) is 0 Å². The van der Waals surface area contributed by atoms with Gasteiger partial charge >= 0.3 is 0 Å². The molecular formula is C52H32N2. The molecule has 12 rings (SSSR count). The average Bonchev–Trinajstić information content (AvgIpc) is 3.75. The molecule has 54 heavy (non-hydrogen) atoms. The van der Waals surface area contributed by atoms with E-state index < -0.39 is 0 Å². The van der Waals surface area contributed by atoms with Gasteiger partial charge in [-0.25, -0.2) is 0 Å². The van der Waals surface area contributed by atoms with Gasteiger partial charge in [-0.3, -0.25) is 0 Å². The Bertz CT molecular complexity index is 3490. The summed E-state index contributed by atoms with van der Waals surface area (Å²) in [6, 6.07) is 71.6. The highest BCUT2D eigenvalue weighted by Crippen LogP contribution is 2.43.